The van der Waals surface area contributed by atoms with Gasteiger partial charge in [0.15, 0.2) is 17.2 Å². The van der Waals surface area contributed by atoms with Crippen molar-refractivity contribution < 1.29 is 23.7 Å². The highest BCUT2D eigenvalue weighted by molar-refractivity contribution is 5.88. The SMILES string of the molecule is C=CC(=O)N[C@H]1CCc2cc(OC)c(OC)c(OC)c2-c2ccc(OC)c(=O)cc21. The molecule has 3 rings (SSSR count). The van der Waals surface area contributed by atoms with Crippen molar-refractivity contribution in [3.05, 3.63) is 58.3 Å². The summed E-state index contributed by atoms with van der Waals surface area (Å²) in [6.07, 6.45) is 2.41. The zero-order valence-electron chi connectivity index (χ0n) is 17.5. The van der Waals surface area contributed by atoms with Crippen molar-refractivity contribution in [2.75, 3.05) is 28.4 Å². The molecule has 0 bridgehead atoms. The van der Waals surface area contributed by atoms with E-state index in [1.165, 1.54) is 19.3 Å². The number of methoxy groups -OCH3 is 4. The van der Waals surface area contributed by atoms with Crippen LogP contribution in [0.3, 0.4) is 0 Å². The Morgan fingerprint density at radius 2 is 1.73 bits per heavy atom. The van der Waals surface area contributed by atoms with Gasteiger partial charge in [-0.25, -0.2) is 0 Å². The van der Waals surface area contributed by atoms with Crippen LogP contribution in [-0.4, -0.2) is 34.3 Å². The number of carbonyl (C=O) groups is 1. The summed E-state index contributed by atoms with van der Waals surface area (Å²) >= 11 is 0. The molecule has 7 nitrogen and oxygen atoms in total. The van der Waals surface area contributed by atoms with E-state index in [2.05, 4.69) is 11.9 Å². The zero-order chi connectivity index (χ0) is 21.8. The number of benzene rings is 1. The van der Waals surface area contributed by atoms with Gasteiger partial charge in [-0.15, -0.1) is 0 Å². The number of aryl methyl sites for hydroxylation is 1. The fourth-order valence-electron chi connectivity index (χ4n) is 3.85. The van der Waals surface area contributed by atoms with Crippen molar-refractivity contribution >= 4 is 5.91 Å². The van der Waals surface area contributed by atoms with Crippen LogP contribution in [0.1, 0.15) is 23.6 Å². The summed E-state index contributed by atoms with van der Waals surface area (Å²) in [7, 11) is 6.11. The van der Waals surface area contributed by atoms with Gasteiger partial charge in [0.1, 0.15) is 0 Å². The number of amides is 1. The Hall–Kier alpha value is -3.48. The van der Waals surface area contributed by atoms with Gasteiger partial charge in [0.2, 0.25) is 17.1 Å². The van der Waals surface area contributed by atoms with Gasteiger partial charge >= 0.3 is 0 Å². The molecule has 0 radical (unpaired) electrons. The van der Waals surface area contributed by atoms with Gasteiger partial charge in [0, 0.05) is 5.56 Å². The summed E-state index contributed by atoms with van der Waals surface area (Å²) in [5, 5.41) is 2.93. The molecule has 1 N–H and O–H groups in total. The normalized spacial score (nSPS) is 14.5. The molecule has 0 saturated heterocycles. The van der Waals surface area contributed by atoms with Gasteiger partial charge in [-0.1, -0.05) is 12.6 Å². The summed E-state index contributed by atoms with van der Waals surface area (Å²) in [6.45, 7) is 3.53. The molecule has 30 heavy (non-hydrogen) atoms. The van der Waals surface area contributed by atoms with E-state index in [0.717, 1.165) is 16.7 Å². The number of rotatable bonds is 6. The Morgan fingerprint density at radius 1 is 1.03 bits per heavy atom. The maximum absolute atomic E-state index is 12.7. The van der Waals surface area contributed by atoms with E-state index in [9.17, 15) is 9.59 Å². The molecule has 1 atom stereocenters. The van der Waals surface area contributed by atoms with Crippen LogP contribution in [0.5, 0.6) is 23.0 Å². The van der Waals surface area contributed by atoms with E-state index >= 15 is 0 Å². The molecule has 2 aromatic rings. The average molecular weight is 411 g/mol. The first-order valence-corrected chi connectivity index (χ1v) is 9.46. The molecule has 0 saturated carbocycles. The third-order valence-electron chi connectivity index (χ3n) is 5.22. The first kappa shape index (κ1) is 21.2. The number of carbonyl (C=O) groups excluding carboxylic acids is 1. The smallest absolute Gasteiger partial charge is 0.243 e. The summed E-state index contributed by atoms with van der Waals surface area (Å²) in [5.41, 5.74) is 2.88. The molecule has 1 aliphatic carbocycles. The second kappa shape index (κ2) is 8.90. The summed E-state index contributed by atoms with van der Waals surface area (Å²) in [4.78, 5) is 24.8. The summed E-state index contributed by atoms with van der Waals surface area (Å²) < 4.78 is 22.0. The Morgan fingerprint density at radius 3 is 2.33 bits per heavy atom. The second-order valence-corrected chi connectivity index (χ2v) is 6.76. The Balaban J connectivity index is 2.39. The van der Waals surface area contributed by atoms with Crippen molar-refractivity contribution in [3.8, 4) is 34.1 Å². The second-order valence-electron chi connectivity index (χ2n) is 6.76. The number of fused-ring (bicyclic) bond motifs is 3. The Kier molecular flexibility index (Phi) is 6.30. The minimum absolute atomic E-state index is 0.206. The van der Waals surface area contributed by atoms with Gasteiger partial charge < -0.3 is 24.3 Å². The van der Waals surface area contributed by atoms with E-state index in [1.807, 2.05) is 6.07 Å². The van der Waals surface area contributed by atoms with Crippen molar-refractivity contribution in [3.63, 3.8) is 0 Å². The van der Waals surface area contributed by atoms with Crippen molar-refractivity contribution in [1.29, 1.82) is 0 Å². The average Bonchev–Trinajstić information content (AvgIpc) is 3.00. The molecule has 158 valence electrons. The van der Waals surface area contributed by atoms with E-state index in [1.54, 1.807) is 33.5 Å². The topological polar surface area (TPSA) is 83.1 Å². The van der Waals surface area contributed by atoms with Gasteiger partial charge in [0.05, 0.1) is 34.5 Å². The van der Waals surface area contributed by atoms with Gasteiger partial charge in [-0.2, -0.15) is 0 Å². The monoisotopic (exact) mass is 411 g/mol. The third-order valence-corrected chi connectivity index (χ3v) is 5.22. The lowest BCUT2D eigenvalue weighted by molar-refractivity contribution is -0.117. The predicted molar refractivity (Wildman–Crippen MR) is 114 cm³/mol. The third kappa shape index (κ3) is 3.70. The fraction of sp³-hybridized carbons (Fsp3) is 0.304. The van der Waals surface area contributed by atoms with Crippen molar-refractivity contribution in [2.24, 2.45) is 0 Å². The van der Waals surface area contributed by atoms with Crippen molar-refractivity contribution in [1.82, 2.24) is 5.32 Å². The van der Waals surface area contributed by atoms with Gasteiger partial charge in [0.25, 0.3) is 0 Å². The molecular weight excluding hydrogens is 386 g/mol. The lowest BCUT2D eigenvalue weighted by Crippen LogP contribution is -2.27. The Labute approximate surface area is 175 Å². The van der Waals surface area contributed by atoms with E-state index in [-0.39, 0.29) is 17.1 Å². The number of hydrogen-bond donors (Lipinski definition) is 1. The minimum Gasteiger partial charge on any atom is -0.493 e. The van der Waals surface area contributed by atoms with Crippen molar-refractivity contribution in [2.45, 2.75) is 18.9 Å². The molecule has 7 heteroatoms. The molecule has 1 aliphatic rings. The first-order valence-electron chi connectivity index (χ1n) is 9.46. The first-order chi connectivity index (χ1) is 14.5. The highest BCUT2D eigenvalue weighted by Crippen LogP contribution is 2.50. The number of ether oxygens (including phenoxy) is 4. The van der Waals surface area contributed by atoms with Gasteiger partial charge in [-0.3, -0.25) is 9.59 Å². The zero-order valence-corrected chi connectivity index (χ0v) is 17.5. The molecule has 0 aromatic heterocycles. The van der Waals surface area contributed by atoms with Crippen LogP contribution in [0.25, 0.3) is 11.1 Å². The lowest BCUT2D eigenvalue weighted by Gasteiger charge is -2.19. The molecule has 0 spiro atoms. The fourth-order valence-corrected chi connectivity index (χ4v) is 3.85. The maximum atomic E-state index is 12.7. The molecule has 0 heterocycles. The van der Waals surface area contributed by atoms with Gasteiger partial charge in [-0.05, 0) is 53.8 Å². The summed E-state index contributed by atoms with van der Waals surface area (Å²) in [5.74, 6) is 1.40. The number of nitrogens with one attached hydrogen (secondary N) is 1. The van der Waals surface area contributed by atoms with Crippen LogP contribution < -0.4 is 29.7 Å². The van der Waals surface area contributed by atoms with Crippen LogP contribution in [0.4, 0.5) is 0 Å². The van der Waals surface area contributed by atoms with Crippen LogP contribution in [0.2, 0.25) is 0 Å². The predicted octanol–water partition coefficient (Wildman–Crippen LogP) is 3.04. The van der Waals surface area contributed by atoms with Crippen LogP contribution in [0, 0.1) is 0 Å². The highest BCUT2D eigenvalue weighted by atomic mass is 16.5. The molecule has 0 unspecified atom stereocenters. The molecule has 2 aromatic carbocycles. The molecule has 0 aliphatic heterocycles. The summed E-state index contributed by atoms with van der Waals surface area (Å²) in [6, 6.07) is 6.44. The van der Waals surface area contributed by atoms with Crippen LogP contribution >= 0.6 is 0 Å². The number of hydrogen-bond acceptors (Lipinski definition) is 6. The largest absolute Gasteiger partial charge is 0.493 e. The molecular formula is C23H25NO6. The van der Waals surface area contributed by atoms with E-state index in [0.29, 0.717) is 35.7 Å². The molecule has 0 fully saturated rings. The standard InChI is InChI=1S/C23H25NO6/c1-6-20(26)24-16-9-7-13-11-19(28-3)22(29-4)23(30-5)21(13)14-8-10-18(27-2)17(25)12-15(14)16/h6,8,10-12,16H,1,7,9H2,2-5H3,(H,24,26)/t16-/m0/s1. The Bertz CT molecular complexity index is 1050. The quantitative estimate of drug-likeness (QED) is 0.736. The highest BCUT2D eigenvalue weighted by Gasteiger charge is 2.29. The van der Waals surface area contributed by atoms with Crippen LogP contribution in [0.15, 0.2) is 41.7 Å². The molecule has 1 amide bonds. The van der Waals surface area contributed by atoms with Crippen LogP contribution in [-0.2, 0) is 11.2 Å². The lowest BCUT2D eigenvalue weighted by atomic mass is 9.95. The van der Waals surface area contributed by atoms with E-state index in [4.69, 9.17) is 18.9 Å². The van der Waals surface area contributed by atoms with E-state index < -0.39 is 6.04 Å². The maximum Gasteiger partial charge on any atom is 0.243 e. The minimum atomic E-state index is -0.399.